The van der Waals surface area contributed by atoms with Gasteiger partial charge >= 0.3 is 0 Å². The summed E-state index contributed by atoms with van der Waals surface area (Å²) in [6.07, 6.45) is 0. The molecule has 4 nitrogen and oxygen atoms in total. The largest absolute Gasteiger partial charge is 0.484 e. The highest BCUT2D eigenvalue weighted by molar-refractivity contribution is 5.92. The molecular weight excluding hydrogens is 288 g/mol. The molecule has 0 saturated heterocycles. The molecule has 0 aromatic heterocycles. The molecule has 0 fully saturated rings. The van der Waals surface area contributed by atoms with E-state index in [1.54, 1.807) is 0 Å². The first kappa shape index (κ1) is 16.9. The van der Waals surface area contributed by atoms with Gasteiger partial charge in [0.05, 0.1) is 0 Å². The summed E-state index contributed by atoms with van der Waals surface area (Å²) in [5.41, 5.74) is 2.94. The van der Waals surface area contributed by atoms with Crippen LogP contribution in [0.3, 0.4) is 0 Å². The quantitative estimate of drug-likeness (QED) is 0.869. The van der Waals surface area contributed by atoms with Crippen LogP contribution in [0.5, 0.6) is 5.75 Å². The predicted molar refractivity (Wildman–Crippen MR) is 95.1 cm³/mol. The number of hydrogen-bond acceptors (Lipinski definition) is 3. The molecular formula is C19H24N2O2. The Kier molecular flexibility index (Phi) is 5.27. The number of ether oxygens (including phenoxy) is 1. The molecule has 0 bridgehead atoms. The molecule has 122 valence electrons. The third-order valence-electron chi connectivity index (χ3n) is 3.08. The first-order valence-electron chi connectivity index (χ1n) is 7.69. The van der Waals surface area contributed by atoms with Crippen LogP contribution in [0.15, 0.2) is 48.5 Å². The molecule has 0 atom stereocenters. The fourth-order valence-electron chi connectivity index (χ4n) is 2.05. The second kappa shape index (κ2) is 7.18. The molecule has 0 radical (unpaired) electrons. The van der Waals surface area contributed by atoms with Gasteiger partial charge < -0.3 is 15.4 Å². The zero-order chi connectivity index (χ0) is 16.9. The first-order chi connectivity index (χ1) is 10.8. The zero-order valence-electron chi connectivity index (χ0n) is 14.1. The van der Waals surface area contributed by atoms with Crippen molar-refractivity contribution in [1.29, 1.82) is 0 Å². The van der Waals surface area contributed by atoms with Gasteiger partial charge in [-0.15, -0.1) is 0 Å². The van der Waals surface area contributed by atoms with Crippen molar-refractivity contribution in [1.82, 2.24) is 0 Å². The number of nitrogens with one attached hydrogen (secondary N) is 2. The maximum atomic E-state index is 11.9. The molecule has 0 heterocycles. The number of rotatable bonds is 5. The van der Waals surface area contributed by atoms with Gasteiger partial charge in [0.1, 0.15) is 5.75 Å². The van der Waals surface area contributed by atoms with E-state index in [-0.39, 0.29) is 18.1 Å². The maximum Gasteiger partial charge on any atom is 0.262 e. The van der Waals surface area contributed by atoms with E-state index in [0.717, 1.165) is 16.9 Å². The lowest BCUT2D eigenvalue weighted by Gasteiger charge is -2.22. The molecule has 2 aromatic carbocycles. The van der Waals surface area contributed by atoms with Crippen molar-refractivity contribution in [3.8, 4) is 5.75 Å². The molecule has 0 aliphatic heterocycles. The van der Waals surface area contributed by atoms with Gasteiger partial charge in [0.2, 0.25) is 0 Å². The highest BCUT2D eigenvalue weighted by atomic mass is 16.5. The topological polar surface area (TPSA) is 50.4 Å². The Labute approximate surface area is 137 Å². The Morgan fingerprint density at radius 2 is 1.52 bits per heavy atom. The average Bonchev–Trinajstić information content (AvgIpc) is 2.47. The summed E-state index contributed by atoms with van der Waals surface area (Å²) in [6, 6.07) is 15.3. The van der Waals surface area contributed by atoms with Gasteiger partial charge in [0.15, 0.2) is 6.61 Å². The van der Waals surface area contributed by atoms with Crippen molar-refractivity contribution in [2.75, 3.05) is 17.2 Å². The highest BCUT2D eigenvalue weighted by Crippen LogP contribution is 2.18. The van der Waals surface area contributed by atoms with Crippen LogP contribution in [0, 0.1) is 6.92 Å². The molecule has 2 aromatic rings. The number of benzene rings is 2. The monoisotopic (exact) mass is 312 g/mol. The summed E-state index contributed by atoms with van der Waals surface area (Å²) >= 11 is 0. The molecule has 0 spiro atoms. The Morgan fingerprint density at radius 3 is 2.09 bits per heavy atom. The smallest absolute Gasteiger partial charge is 0.262 e. The predicted octanol–water partition coefficient (Wildman–Crippen LogP) is 4.22. The third-order valence-corrected chi connectivity index (χ3v) is 3.08. The van der Waals surface area contributed by atoms with Gasteiger partial charge in [0.25, 0.3) is 5.91 Å². The van der Waals surface area contributed by atoms with Gasteiger partial charge in [-0.05, 0) is 64.1 Å². The van der Waals surface area contributed by atoms with E-state index < -0.39 is 0 Å². The number of hydrogen-bond donors (Lipinski definition) is 2. The lowest BCUT2D eigenvalue weighted by molar-refractivity contribution is -0.118. The SMILES string of the molecule is Cc1ccc(OCC(=O)Nc2ccc(NC(C)(C)C)cc2)cc1. The van der Waals surface area contributed by atoms with E-state index in [1.807, 2.05) is 55.5 Å². The Hall–Kier alpha value is -2.49. The van der Waals surface area contributed by atoms with Crippen LogP contribution in [0.1, 0.15) is 26.3 Å². The van der Waals surface area contributed by atoms with Crippen LogP contribution >= 0.6 is 0 Å². The molecule has 2 rings (SSSR count). The molecule has 0 aliphatic rings. The van der Waals surface area contributed by atoms with Gasteiger partial charge in [-0.25, -0.2) is 0 Å². The Bertz CT molecular complexity index is 641. The van der Waals surface area contributed by atoms with Crippen LogP contribution in [0.4, 0.5) is 11.4 Å². The number of carbonyl (C=O) groups excluding carboxylic acids is 1. The molecule has 4 heteroatoms. The number of carbonyl (C=O) groups is 1. The van der Waals surface area contributed by atoms with E-state index >= 15 is 0 Å². The molecule has 0 aliphatic carbocycles. The lowest BCUT2D eigenvalue weighted by atomic mass is 10.1. The fourth-order valence-corrected chi connectivity index (χ4v) is 2.05. The summed E-state index contributed by atoms with van der Waals surface area (Å²) in [4.78, 5) is 11.9. The van der Waals surface area contributed by atoms with E-state index in [0.29, 0.717) is 5.75 Å². The van der Waals surface area contributed by atoms with Crippen molar-refractivity contribution in [3.05, 3.63) is 54.1 Å². The van der Waals surface area contributed by atoms with E-state index in [4.69, 9.17) is 4.74 Å². The van der Waals surface area contributed by atoms with E-state index in [2.05, 4.69) is 31.4 Å². The molecule has 2 N–H and O–H groups in total. The number of amides is 1. The second-order valence-electron chi connectivity index (χ2n) is 6.60. The number of anilines is 2. The van der Waals surface area contributed by atoms with Crippen molar-refractivity contribution in [2.45, 2.75) is 33.2 Å². The Morgan fingerprint density at radius 1 is 0.957 bits per heavy atom. The van der Waals surface area contributed by atoms with Crippen molar-refractivity contribution in [3.63, 3.8) is 0 Å². The minimum atomic E-state index is -0.179. The van der Waals surface area contributed by atoms with Crippen molar-refractivity contribution in [2.24, 2.45) is 0 Å². The Balaban J connectivity index is 1.84. The maximum absolute atomic E-state index is 11.9. The van der Waals surface area contributed by atoms with E-state index in [1.165, 1.54) is 0 Å². The molecule has 0 unspecified atom stereocenters. The minimum Gasteiger partial charge on any atom is -0.484 e. The zero-order valence-corrected chi connectivity index (χ0v) is 14.1. The summed E-state index contributed by atoms with van der Waals surface area (Å²) in [5.74, 6) is 0.512. The summed E-state index contributed by atoms with van der Waals surface area (Å²) in [6.45, 7) is 8.31. The highest BCUT2D eigenvalue weighted by Gasteiger charge is 2.09. The summed E-state index contributed by atoms with van der Waals surface area (Å²) in [7, 11) is 0. The molecule has 23 heavy (non-hydrogen) atoms. The third kappa shape index (κ3) is 6.02. The molecule has 0 saturated carbocycles. The molecule has 1 amide bonds. The van der Waals surface area contributed by atoms with Crippen LogP contribution in [-0.4, -0.2) is 18.1 Å². The van der Waals surface area contributed by atoms with Crippen molar-refractivity contribution >= 4 is 17.3 Å². The average molecular weight is 312 g/mol. The van der Waals surface area contributed by atoms with Crippen LogP contribution in [0.25, 0.3) is 0 Å². The summed E-state index contributed by atoms with van der Waals surface area (Å²) in [5, 5.41) is 6.20. The fraction of sp³-hybridized carbons (Fsp3) is 0.316. The van der Waals surface area contributed by atoms with Gasteiger partial charge in [-0.2, -0.15) is 0 Å². The summed E-state index contributed by atoms with van der Waals surface area (Å²) < 4.78 is 5.46. The van der Waals surface area contributed by atoms with Gasteiger partial charge in [-0.1, -0.05) is 17.7 Å². The first-order valence-corrected chi connectivity index (χ1v) is 7.69. The second-order valence-corrected chi connectivity index (χ2v) is 6.60. The lowest BCUT2D eigenvalue weighted by Crippen LogP contribution is -2.26. The van der Waals surface area contributed by atoms with Gasteiger partial charge in [0, 0.05) is 16.9 Å². The van der Waals surface area contributed by atoms with Gasteiger partial charge in [-0.3, -0.25) is 4.79 Å². The van der Waals surface area contributed by atoms with Crippen LogP contribution < -0.4 is 15.4 Å². The minimum absolute atomic E-state index is 0.00659. The standard InChI is InChI=1S/C19H24N2O2/c1-14-5-11-17(12-6-14)23-13-18(22)20-15-7-9-16(10-8-15)21-19(2,3)4/h5-12,21H,13H2,1-4H3,(H,20,22). The van der Waals surface area contributed by atoms with Crippen molar-refractivity contribution < 1.29 is 9.53 Å². The normalized spacial score (nSPS) is 11.0. The van der Waals surface area contributed by atoms with E-state index in [9.17, 15) is 4.79 Å². The van der Waals surface area contributed by atoms with Crippen LogP contribution in [-0.2, 0) is 4.79 Å². The number of aryl methyl sites for hydroxylation is 1. The van der Waals surface area contributed by atoms with Crippen LogP contribution in [0.2, 0.25) is 0 Å².